The quantitative estimate of drug-likeness (QED) is 0.398. The molecule has 29 heavy (non-hydrogen) atoms. The van der Waals surface area contributed by atoms with Crippen molar-refractivity contribution < 1.29 is 24.0 Å². The fraction of sp³-hybridized carbons (Fsp3) is 0.526. The van der Waals surface area contributed by atoms with Crippen LogP contribution < -0.4 is 20.3 Å². The first kappa shape index (κ1) is 20.6. The number of nitrogens with one attached hydrogen (secondary N) is 2. The minimum absolute atomic E-state index is 0.0172. The van der Waals surface area contributed by atoms with Crippen molar-refractivity contribution in [2.75, 3.05) is 31.1 Å². The number of amides is 3. The summed E-state index contributed by atoms with van der Waals surface area (Å²) >= 11 is 0. The molecule has 3 rings (SSSR count). The zero-order valence-electron chi connectivity index (χ0n) is 16.0. The molecule has 10 heteroatoms. The highest BCUT2D eigenvalue weighted by Gasteiger charge is 2.29. The van der Waals surface area contributed by atoms with Crippen molar-refractivity contribution in [3.63, 3.8) is 0 Å². The number of fused-ring (bicyclic) bond motifs is 1. The van der Waals surface area contributed by atoms with Crippen molar-refractivity contribution in [3.05, 3.63) is 28.3 Å². The van der Waals surface area contributed by atoms with E-state index >= 15 is 0 Å². The van der Waals surface area contributed by atoms with Crippen LogP contribution in [0.15, 0.2) is 18.2 Å². The van der Waals surface area contributed by atoms with Gasteiger partial charge in [-0.1, -0.05) is 19.3 Å². The summed E-state index contributed by atoms with van der Waals surface area (Å²) in [5.74, 6) is -0.507. The van der Waals surface area contributed by atoms with E-state index < -0.39 is 16.7 Å². The molecule has 1 saturated carbocycles. The van der Waals surface area contributed by atoms with Crippen LogP contribution in [0.25, 0.3) is 0 Å². The number of nitrogens with zero attached hydrogens (tertiary/aromatic N) is 2. The normalized spacial score (nSPS) is 16.6. The Morgan fingerprint density at radius 2 is 1.90 bits per heavy atom. The van der Waals surface area contributed by atoms with Crippen molar-refractivity contribution >= 4 is 29.1 Å². The molecule has 0 aromatic heterocycles. The molecule has 10 nitrogen and oxygen atoms in total. The number of rotatable bonds is 7. The number of ether oxygens (including phenoxy) is 1. The van der Waals surface area contributed by atoms with Crippen LogP contribution in [0.2, 0.25) is 0 Å². The second-order valence-corrected chi connectivity index (χ2v) is 7.15. The van der Waals surface area contributed by atoms with Crippen LogP contribution in [-0.4, -0.2) is 48.9 Å². The van der Waals surface area contributed by atoms with Crippen LogP contribution >= 0.6 is 0 Å². The number of carbonyl (C=O) groups excluding carboxylic acids is 3. The van der Waals surface area contributed by atoms with E-state index in [-0.39, 0.29) is 42.9 Å². The monoisotopic (exact) mass is 404 g/mol. The third-order valence-corrected chi connectivity index (χ3v) is 5.12. The highest BCUT2D eigenvalue weighted by atomic mass is 16.6. The third-order valence-electron chi connectivity index (χ3n) is 5.12. The molecule has 1 aromatic carbocycles. The molecule has 0 bridgehead atoms. The number of anilines is 1. The lowest BCUT2D eigenvalue weighted by Gasteiger charge is -2.28. The van der Waals surface area contributed by atoms with Crippen LogP contribution in [0.3, 0.4) is 0 Å². The number of hydrogen-bond donors (Lipinski definition) is 2. The fourth-order valence-corrected chi connectivity index (χ4v) is 3.57. The van der Waals surface area contributed by atoms with Gasteiger partial charge in [-0.15, -0.1) is 0 Å². The Kier molecular flexibility index (Phi) is 6.63. The Bertz CT molecular complexity index is 806. The second-order valence-electron chi connectivity index (χ2n) is 7.15. The molecule has 0 radical (unpaired) electrons. The first-order valence-electron chi connectivity index (χ1n) is 9.71. The average molecular weight is 404 g/mol. The van der Waals surface area contributed by atoms with Gasteiger partial charge in [-0.3, -0.25) is 29.4 Å². The largest absolute Gasteiger partial charge is 0.482 e. The Morgan fingerprint density at radius 3 is 2.62 bits per heavy atom. The zero-order chi connectivity index (χ0) is 20.8. The molecular weight excluding hydrogens is 380 g/mol. The lowest BCUT2D eigenvalue weighted by molar-refractivity contribution is -0.384. The SMILES string of the molecule is O=C(CN1C(=O)COc2ccc([N+](=O)[O-])cc21)NCCNC(=O)C1CCCCC1. The maximum Gasteiger partial charge on any atom is 0.271 e. The second kappa shape index (κ2) is 9.35. The van der Waals surface area contributed by atoms with Gasteiger partial charge in [0.25, 0.3) is 11.6 Å². The van der Waals surface area contributed by atoms with E-state index in [0.717, 1.165) is 25.7 Å². The highest BCUT2D eigenvalue weighted by Crippen LogP contribution is 2.35. The Hall–Kier alpha value is -3.17. The Balaban J connectivity index is 1.50. The van der Waals surface area contributed by atoms with Crippen molar-refractivity contribution in [2.24, 2.45) is 5.92 Å². The van der Waals surface area contributed by atoms with Gasteiger partial charge in [-0.05, 0) is 18.9 Å². The zero-order valence-corrected chi connectivity index (χ0v) is 16.0. The molecule has 0 saturated heterocycles. The number of carbonyl (C=O) groups is 3. The Morgan fingerprint density at radius 1 is 1.17 bits per heavy atom. The lowest BCUT2D eigenvalue weighted by Crippen LogP contribution is -2.46. The standard InChI is InChI=1S/C19H24N4O6/c24-17(20-8-9-21-19(26)13-4-2-1-3-5-13)11-22-15-10-14(23(27)28)6-7-16(15)29-12-18(22)25/h6-7,10,13H,1-5,8-9,11-12H2,(H,20,24)(H,21,26). The topological polar surface area (TPSA) is 131 Å². The highest BCUT2D eigenvalue weighted by molar-refractivity contribution is 6.02. The molecular formula is C19H24N4O6. The number of nitro groups is 1. The van der Waals surface area contributed by atoms with Crippen LogP contribution in [-0.2, 0) is 14.4 Å². The van der Waals surface area contributed by atoms with Crippen molar-refractivity contribution in [1.29, 1.82) is 0 Å². The molecule has 3 amide bonds. The maximum atomic E-state index is 12.2. The van der Waals surface area contributed by atoms with Gasteiger partial charge in [-0.25, -0.2) is 0 Å². The Labute approximate surface area is 167 Å². The van der Waals surface area contributed by atoms with Gasteiger partial charge in [0, 0.05) is 31.1 Å². The van der Waals surface area contributed by atoms with E-state index in [1.165, 1.54) is 29.5 Å². The number of benzene rings is 1. The molecule has 0 atom stereocenters. The molecule has 2 aliphatic rings. The summed E-state index contributed by atoms with van der Waals surface area (Å²) in [6.07, 6.45) is 5.13. The predicted molar refractivity (Wildman–Crippen MR) is 104 cm³/mol. The predicted octanol–water partition coefficient (Wildman–Crippen LogP) is 1.13. The van der Waals surface area contributed by atoms with Gasteiger partial charge in [0.2, 0.25) is 11.8 Å². The van der Waals surface area contributed by atoms with Crippen LogP contribution in [0.4, 0.5) is 11.4 Å². The molecule has 2 N–H and O–H groups in total. The minimum Gasteiger partial charge on any atom is -0.482 e. The van der Waals surface area contributed by atoms with E-state index in [9.17, 15) is 24.5 Å². The number of non-ortho nitro benzene ring substituents is 1. The summed E-state index contributed by atoms with van der Waals surface area (Å²) in [4.78, 5) is 48.1. The maximum absolute atomic E-state index is 12.2. The van der Waals surface area contributed by atoms with E-state index in [0.29, 0.717) is 12.3 Å². The van der Waals surface area contributed by atoms with E-state index in [4.69, 9.17) is 4.74 Å². The first-order chi connectivity index (χ1) is 14.0. The first-order valence-corrected chi connectivity index (χ1v) is 9.71. The summed E-state index contributed by atoms with van der Waals surface area (Å²) in [5.41, 5.74) is -0.00548. The van der Waals surface area contributed by atoms with Crippen LogP contribution in [0, 0.1) is 16.0 Å². The molecule has 156 valence electrons. The van der Waals surface area contributed by atoms with Crippen LogP contribution in [0.1, 0.15) is 32.1 Å². The minimum atomic E-state index is -0.577. The summed E-state index contributed by atoms with van der Waals surface area (Å²) in [5, 5.41) is 16.5. The van der Waals surface area contributed by atoms with Crippen LogP contribution in [0.5, 0.6) is 5.75 Å². The number of hydrogen-bond acceptors (Lipinski definition) is 6. The lowest BCUT2D eigenvalue weighted by atomic mass is 9.89. The molecule has 1 heterocycles. The molecule has 0 spiro atoms. The van der Waals surface area contributed by atoms with E-state index in [1.54, 1.807) is 0 Å². The van der Waals surface area contributed by atoms with Crippen molar-refractivity contribution in [2.45, 2.75) is 32.1 Å². The third kappa shape index (κ3) is 5.21. The molecule has 1 aromatic rings. The van der Waals surface area contributed by atoms with Gasteiger partial charge in [0.05, 0.1) is 10.6 Å². The van der Waals surface area contributed by atoms with Crippen molar-refractivity contribution in [1.82, 2.24) is 10.6 Å². The van der Waals surface area contributed by atoms with Gasteiger partial charge in [-0.2, -0.15) is 0 Å². The van der Waals surface area contributed by atoms with E-state index in [1.807, 2.05) is 0 Å². The average Bonchev–Trinajstić information content (AvgIpc) is 2.73. The summed E-state index contributed by atoms with van der Waals surface area (Å²) in [7, 11) is 0. The molecule has 1 aliphatic carbocycles. The summed E-state index contributed by atoms with van der Waals surface area (Å²) in [6, 6.07) is 3.90. The van der Waals surface area contributed by atoms with Gasteiger partial charge < -0.3 is 15.4 Å². The molecule has 1 fully saturated rings. The molecule has 1 aliphatic heterocycles. The van der Waals surface area contributed by atoms with Gasteiger partial charge in [0.1, 0.15) is 12.3 Å². The fourth-order valence-electron chi connectivity index (χ4n) is 3.57. The summed E-state index contributed by atoms with van der Waals surface area (Å²) in [6.45, 7) is 0.0142. The smallest absolute Gasteiger partial charge is 0.271 e. The van der Waals surface area contributed by atoms with Crippen molar-refractivity contribution in [3.8, 4) is 5.75 Å². The van der Waals surface area contributed by atoms with Gasteiger partial charge in [0.15, 0.2) is 6.61 Å². The molecule has 0 unspecified atom stereocenters. The van der Waals surface area contributed by atoms with Gasteiger partial charge >= 0.3 is 0 Å². The number of nitro benzene ring substituents is 1. The van der Waals surface area contributed by atoms with E-state index in [2.05, 4.69) is 10.6 Å². The summed E-state index contributed by atoms with van der Waals surface area (Å²) < 4.78 is 5.27.